The van der Waals surface area contributed by atoms with E-state index in [0.29, 0.717) is 19.6 Å². The lowest BCUT2D eigenvalue weighted by Gasteiger charge is -2.44. The van der Waals surface area contributed by atoms with Crippen molar-refractivity contribution in [3.05, 3.63) is 35.9 Å². The number of aliphatic hydroxyl groups excluding tert-OH is 2. The zero-order valence-electron chi connectivity index (χ0n) is 11.5. The fourth-order valence-electron chi connectivity index (χ4n) is 2.70. The highest BCUT2D eigenvalue weighted by Gasteiger charge is 2.40. The topological polar surface area (TPSA) is 52.9 Å². The van der Waals surface area contributed by atoms with Crippen molar-refractivity contribution in [3.8, 4) is 0 Å². The van der Waals surface area contributed by atoms with Crippen LogP contribution in [0.5, 0.6) is 0 Å². The van der Waals surface area contributed by atoms with E-state index < -0.39 is 0 Å². The van der Waals surface area contributed by atoms with Crippen LogP contribution < -0.4 is 0 Å². The summed E-state index contributed by atoms with van der Waals surface area (Å²) in [6.45, 7) is 2.33. The highest BCUT2D eigenvalue weighted by atomic mass is 16.5. The summed E-state index contributed by atoms with van der Waals surface area (Å²) in [6.07, 6.45) is 0.697. The number of aliphatic hydroxyl groups is 2. The molecule has 1 aliphatic rings. The Hall–Kier alpha value is -0.940. The third kappa shape index (κ3) is 3.34. The molecule has 2 rings (SSSR count). The van der Waals surface area contributed by atoms with E-state index in [1.165, 1.54) is 5.56 Å². The summed E-state index contributed by atoms with van der Waals surface area (Å²) in [4.78, 5) is 2.21. The number of ether oxygens (including phenoxy) is 1. The Balaban J connectivity index is 2.06. The molecule has 0 saturated carbocycles. The molecular weight excluding hydrogens is 242 g/mol. The van der Waals surface area contributed by atoms with E-state index in [1.54, 1.807) is 0 Å². The minimum Gasteiger partial charge on any atom is -0.396 e. The minimum absolute atomic E-state index is 0.128. The zero-order valence-corrected chi connectivity index (χ0v) is 11.5. The maximum absolute atomic E-state index is 9.51. The highest BCUT2D eigenvalue weighted by molar-refractivity contribution is 5.19. The Labute approximate surface area is 114 Å². The number of rotatable bonds is 7. The molecule has 4 heteroatoms. The van der Waals surface area contributed by atoms with E-state index >= 15 is 0 Å². The average Bonchev–Trinajstić information content (AvgIpc) is 2.41. The van der Waals surface area contributed by atoms with Gasteiger partial charge in [-0.25, -0.2) is 0 Å². The van der Waals surface area contributed by atoms with Crippen LogP contribution in [-0.4, -0.2) is 55.1 Å². The van der Waals surface area contributed by atoms with Crippen molar-refractivity contribution in [2.45, 2.75) is 12.5 Å². The lowest BCUT2D eigenvalue weighted by Crippen LogP contribution is -2.53. The molecule has 2 N–H and O–H groups in total. The Bertz CT molecular complexity index is 373. The summed E-state index contributed by atoms with van der Waals surface area (Å²) in [7, 11) is 2.04. The summed E-state index contributed by atoms with van der Waals surface area (Å²) in [5.41, 5.74) is 1.07. The van der Waals surface area contributed by atoms with Crippen molar-refractivity contribution in [3.63, 3.8) is 0 Å². The molecule has 1 saturated heterocycles. The van der Waals surface area contributed by atoms with E-state index in [4.69, 9.17) is 4.74 Å². The summed E-state index contributed by atoms with van der Waals surface area (Å²) < 4.78 is 5.24. The van der Waals surface area contributed by atoms with Crippen LogP contribution in [0.2, 0.25) is 0 Å². The normalized spacial score (nSPS) is 19.2. The number of hydrogen-bond acceptors (Lipinski definition) is 4. The molecule has 4 nitrogen and oxygen atoms in total. The van der Waals surface area contributed by atoms with E-state index in [1.807, 2.05) is 25.2 Å². The van der Waals surface area contributed by atoms with Gasteiger partial charge in [-0.3, -0.25) is 4.90 Å². The molecule has 1 unspecified atom stereocenters. The van der Waals surface area contributed by atoms with E-state index in [-0.39, 0.29) is 24.7 Å². The van der Waals surface area contributed by atoms with Crippen molar-refractivity contribution in [1.29, 1.82) is 0 Å². The molecule has 1 aromatic rings. The fourth-order valence-corrected chi connectivity index (χ4v) is 2.70. The molecule has 0 radical (unpaired) electrons. The lowest BCUT2D eigenvalue weighted by atomic mass is 9.85. The zero-order chi connectivity index (χ0) is 13.7. The molecule has 1 heterocycles. The Kier molecular flexibility index (Phi) is 4.93. The average molecular weight is 265 g/mol. The lowest BCUT2D eigenvalue weighted by molar-refractivity contribution is -0.149. The van der Waals surface area contributed by atoms with Gasteiger partial charge in [0.25, 0.3) is 0 Å². The maximum Gasteiger partial charge on any atom is 0.0579 e. The quantitative estimate of drug-likeness (QED) is 0.774. The van der Waals surface area contributed by atoms with Crippen molar-refractivity contribution < 1.29 is 14.9 Å². The smallest absolute Gasteiger partial charge is 0.0579 e. The van der Waals surface area contributed by atoms with Gasteiger partial charge in [-0.1, -0.05) is 30.3 Å². The molecule has 106 valence electrons. The first-order valence-electron chi connectivity index (χ1n) is 6.75. The molecule has 19 heavy (non-hydrogen) atoms. The van der Waals surface area contributed by atoms with Gasteiger partial charge in [-0.2, -0.15) is 0 Å². The largest absolute Gasteiger partial charge is 0.396 e. The van der Waals surface area contributed by atoms with Crippen LogP contribution in [0, 0.1) is 5.41 Å². The molecule has 0 aliphatic carbocycles. The predicted octanol–water partition coefficient (Wildman–Crippen LogP) is 1.05. The SMILES string of the molecule is CN(CC1(CO)COC1)C(CCO)c1ccccc1. The summed E-state index contributed by atoms with van der Waals surface area (Å²) in [5, 5.41) is 18.8. The molecule has 1 aliphatic heterocycles. The van der Waals surface area contributed by atoms with Gasteiger partial charge < -0.3 is 14.9 Å². The standard InChI is InChI=1S/C15H23NO3/c1-16(9-15(10-18)11-19-12-15)14(7-8-17)13-5-3-2-4-6-13/h2-6,14,17-18H,7-12H2,1H3. The second-order valence-corrected chi connectivity index (χ2v) is 5.50. The van der Waals surface area contributed by atoms with Gasteiger partial charge in [-0.05, 0) is 19.0 Å². The number of hydrogen-bond donors (Lipinski definition) is 2. The second-order valence-electron chi connectivity index (χ2n) is 5.50. The van der Waals surface area contributed by atoms with Crippen molar-refractivity contribution in [2.24, 2.45) is 5.41 Å². The molecular formula is C15H23NO3. The summed E-state index contributed by atoms with van der Waals surface area (Å²) in [6, 6.07) is 10.4. The van der Waals surface area contributed by atoms with Gasteiger partial charge in [0, 0.05) is 19.2 Å². The molecule has 1 fully saturated rings. The van der Waals surface area contributed by atoms with Crippen LogP contribution in [0.4, 0.5) is 0 Å². The van der Waals surface area contributed by atoms with Crippen molar-refractivity contribution in [1.82, 2.24) is 4.90 Å². The molecule has 1 atom stereocenters. The first kappa shape index (κ1) is 14.5. The van der Waals surface area contributed by atoms with Gasteiger partial charge in [0.1, 0.15) is 0 Å². The molecule has 0 spiro atoms. The monoisotopic (exact) mass is 265 g/mol. The molecule has 0 bridgehead atoms. The van der Waals surface area contributed by atoms with Crippen LogP contribution >= 0.6 is 0 Å². The van der Waals surface area contributed by atoms with Crippen molar-refractivity contribution >= 4 is 0 Å². The van der Waals surface area contributed by atoms with Gasteiger partial charge in [0.05, 0.1) is 25.2 Å². The molecule has 0 aromatic heterocycles. The van der Waals surface area contributed by atoms with E-state index in [2.05, 4.69) is 17.0 Å². The minimum atomic E-state index is -0.128. The maximum atomic E-state index is 9.51. The third-order valence-electron chi connectivity index (χ3n) is 3.86. The van der Waals surface area contributed by atoms with E-state index in [0.717, 1.165) is 6.54 Å². The fraction of sp³-hybridized carbons (Fsp3) is 0.600. The predicted molar refractivity (Wildman–Crippen MR) is 73.9 cm³/mol. The van der Waals surface area contributed by atoms with Gasteiger partial charge in [-0.15, -0.1) is 0 Å². The Morgan fingerprint density at radius 3 is 2.42 bits per heavy atom. The van der Waals surface area contributed by atoms with Crippen LogP contribution in [0.15, 0.2) is 30.3 Å². The van der Waals surface area contributed by atoms with Gasteiger partial charge in [0.15, 0.2) is 0 Å². The van der Waals surface area contributed by atoms with E-state index in [9.17, 15) is 10.2 Å². The number of nitrogens with zero attached hydrogens (tertiary/aromatic N) is 1. The van der Waals surface area contributed by atoms with Crippen LogP contribution in [0.3, 0.4) is 0 Å². The Morgan fingerprint density at radius 1 is 1.26 bits per heavy atom. The Morgan fingerprint density at radius 2 is 1.95 bits per heavy atom. The van der Waals surface area contributed by atoms with Crippen molar-refractivity contribution in [2.75, 3.05) is 40.0 Å². The highest BCUT2D eigenvalue weighted by Crippen LogP contribution is 2.31. The third-order valence-corrected chi connectivity index (χ3v) is 3.86. The van der Waals surface area contributed by atoms with Crippen LogP contribution in [0.25, 0.3) is 0 Å². The molecule has 1 aromatic carbocycles. The van der Waals surface area contributed by atoms with Crippen LogP contribution in [-0.2, 0) is 4.74 Å². The van der Waals surface area contributed by atoms with Crippen LogP contribution in [0.1, 0.15) is 18.0 Å². The van der Waals surface area contributed by atoms with Gasteiger partial charge >= 0.3 is 0 Å². The number of benzene rings is 1. The first-order valence-corrected chi connectivity index (χ1v) is 6.75. The first-order chi connectivity index (χ1) is 9.21. The summed E-state index contributed by atoms with van der Waals surface area (Å²) in [5.74, 6) is 0. The summed E-state index contributed by atoms with van der Waals surface area (Å²) >= 11 is 0. The van der Waals surface area contributed by atoms with Gasteiger partial charge in [0.2, 0.25) is 0 Å². The second kappa shape index (κ2) is 6.48. The molecule has 0 amide bonds.